The van der Waals surface area contributed by atoms with Gasteiger partial charge in [0.1, 0.15) is 5.69 Å². The fraction of sp³-hybridized carbons (Fsp3) is 0.222. The summed E-state index contributed by atoms with van der Waals surface area (Å²) in [4.78, 5) is 17.3. The molecule has 1 amide bonds. The van der Waals surface area contributed by atoms with E-state index < -0.39 is 0 Å². The molecule has 0 spiro atoms. The second-order valence-electron chi connectivity index (χ2n) is 7.57. The second-order valence-corrected chi connectivity index (χ2v) is 7.57. The molecule has 0 saturated carbocycles. The minimum Gasteiger partial charge on any atom is -0.490 e. The quantitative estimate of drug-likeness (QED) is 0.374. The average Bonchev–Trinajstić information content (AvgIpc) is 3.33. The summed E-state index contributed by atoms with van der Waals surface area (Å²) in [5.41, 5.74) is 3.81. The number of hydrogen-bond donors (Lipinski definition) is 1. The zero-order chi connectivity index (χ0) is 23.8. The van der Waals surface area contributed by atoms with Crippen molar-refractivity contribution in [3.8, 4) is 28.4 Å². The molecule has 0 fully saturated rings. The van der Waals surface area contributed by atoms with E-state index in [0.29, 0.717) is 37.4 Å². The molecule has 0 unspecified atom stereocenters. The molecule has 2 aromatic carbocycles. The number of rotatable bonds is 10. The fourth-order valence-corrected chi connectivity index (χ4v) is 3.64. The predicted molar refractivity (Wildman–Crippen MR) is 132 cm³/mol. The van der Waals surface area contributed by atoms with Gasteiger partial charge in [0, 0.05) is 30.7 Å². The lowest BCUT2D eigenvalue weighted by Gasteiger charge is -2.12. The minimum absolute atomic E-state index is 0.183. The highest BCUT2D eigenvalue weighted by Crippen LogP contribution is 2.29. The third kappa shape index (κ3) is 5.43. The smallest absolute Gasteiger partial charge is 0.255 e. The van der Waals surface area contributed by atoms with Gasteiger partial charge in [0.05, 0.1) is 24.5 Å². The molecule has 0 aliphatic rings. The van der Waals surface area contributed by atoms with Crippen molar-refractivity contribution in [2.45, 2.75) is 20.3 Å². The lowest BCUT2D eigenvalue weighted by atomic mass is 10.1. The van der Waals surface area contributed by atoms with Crippen LogP contribution in [0, 0.1) is 0 Å². The van der Waals surface area contributed by atoms with Crippen LogP contribution in [0.4, 0.5) is 0 Å². The Balaban J connectivity index is 1.51. The number of nitrogens with zero attached hydrogens (tertiary/aromatic N) is 3. The van der Waals surface area contributed by atoms with Crippen LogP contribution in [0.25, 0.3) is 16.9 Å². The summed E-state index contributed by atoms with van der Waals surface area (Å²) in [6.07, 6.45) is 5.83. The summed E-state index contributed by atoms with van der Waals surface area (Å²) >= 11 is 0. The molecule has 0 bridgehead atoms. The van der Waals surface area contributed by atoms with Crippen molar-refractivity contribution in [2.24, 2.45) is 0 Å². The van der Waals surface area contributed by atoms with Crippen LogP contribution < -0.4 is 14.8 Å². The van der Waals surface area contributed by atoms with Gasteiger partial charge in [-0.1, -0.05) is 24.3 Å². The Labute approximate surface area is 199 Å². The molecule has 7 heteroatoms. The Morgan fingerprint density at radius 3 is 2.50 bits per heavy atom. The number of para-hydroxylation sites is 1. The summed E-state index contributed by atoms with van der Waals surface area (Å²) in [6, 6.07) is 19.3. The number of ether oxygens (including phenoxy) is 2. The van der Waals surface area contributed by atoms with Crippen LogP contribution in [0.2, 0.25) is 0 Å². The van der Waals surface area contributed by atoms with Gasteiger partial charge < -0.3 is 14.8 Å². The largest absolute Gasteiger partial charge is 0.490 e. The van der Waals surface area contributed by atoms with Crippen molar-refractivity contribution < 1.29 is 14.3 Å². The molecule has 4 aromatic rings. The summed E-state index contributed by atoms with van der Waals surface area (Å²) in [6.45, 7) is 5.49. The zero-order valence-electron chi connectivity index (χ0n) is 19.4. The van der Waals surface area contributed by atoms with E-state index >= 15 is 0 Å². The summed E-state index contributed by atoms with van der Waals surface area (Å²) in [5, 5.41) is 7.71. The molecular weight excluding hydrogens is 428 g/mol. The monoisotopic (exact) mass is 456 g/mol. The molecule has 0 atom stereocenters. The maximum Gasteiger partial charge on any atom is 0.255 e. The van der Waals surface area contributed by atoms with Crippen LogP contribution in [0.3, 0.4) is 0 Å². The standard InChI is InChI=1S/C27H28N4O3/c1-3-33-24-13-12-20(17-25(24)34-4-2)14-16-29-27(32)23-19-31(22-10-6-5-7-11-22)30-26(23)21-9-8-15-28-18-21/h5-13,15,17-19H,3-4,14,16H2,1-2H3,(H,29,32). The highest BCUT2D eigenvalue weighted by Gasteiger charge is 2.18. The number of hydrogen-bond acceptors (Lipinski definition) is 5. The molecule has 2 heterocycles. The first-order valence-corrected chi connectivity index (χ1v) is 11.4. The third-order valence-electron chi connectivity index (χ3n) is 5.22. The Morgan fingerprint density at radius 1 is 0.971 bits per heavy atom. The lowest BCUT2D eigenvalue weighted by Crippen LogP contribution is -2.25. The molecular formula is C27H28N4O3. The van der Waals surface area contributed by atoms with Gasteiger partial charge in [0.25, 0.3) is 5.91 Å². The minimum atomic E-state index is -0.183. The molecule has 34 heavy (non-hydrogen) atoms. The van der Waals surface area contributed by atoms with Crippen molar-refractivity contribution in [1.82, 2.24) is 20.1 Å². The van der Waals surface area contributed by atoms with Crippen LogP contribution in [0.15, 0.2) is 79.3 Å². The first-order chi connectivity index (χ1) is 16.7. The number of nitrogens with one attached hydrogen (secondary N) is 1. The van der Waals surface area contributed by atoms with Crippen molar-refractivity contribution in [3.63, 3.8) is 0 Å². The highest BCUT2D eigenvalue weighted by atomic mass is 16.5. The van der Waals surface area contributed by atoms with E-state index in [1.807, 2.05) is 74.5 Å². The van der Waals surface area contributed by atoms with Gasteiger partial charge in [-0.3, -0.25) is 9.78 Å². The maximum atomic E-state index is 13.2. The van der Waals surface area contributed by atoms with Gasteiger partial charge in [0.2, 0.25) is 0 Å². The summed E-state index contributed by atoms with van der Waals surface area (Å²) in [5.74, 6) is 1.26. The first kappa shape index (κ1) is 23.0. The molecule has 4 rings (SSSR count). The Hall–Kier alpha value is -4.13. The normalized spacial score (nSPS) is 10.6. The number of aromatic nitrogens is 3. The summed E-state index contributed by atoms with van der Waals surface area (Å²) in [7, 11) is 0. The maximum absolute atomic E-state index is 13.2. The third-order valence-corrected chi connectivity index (χ3v) is 5.22. The van der Waals surface area contributed by atoms with Crippen molar-refractivity contribution in [2.75, 3.05) is 19.8 Å². The summed E-state index contributed by atoms with van der Waals surface area (Å²) < 4.78 is 13.1. The average molecular weight is 457 g/mol. The van der Waals surface area contributed by atoms with Crippen LogP contribution in [0.5, 0.6) is 11.5 Å². The molecule has 1 N–H and O–H groups in total. The molecule has 174 valence electrons. The van der Waals surface area contributed by atoms with E-state index in [1.54, 1.807) is 23.3 Å². The lowest BCUT2D eigenvalue weighted by molar-refractivity contribution is 0.0954. The van der Waals surface area contributed by atoms with Gasteiger partial charge in [-0.2, -0.15) is 5.10 Å². The molecule has 0 radical (unpaired) electrons. The van der Waals surface area contributed by atoms with Gasteiger partial charge in [-0.15, -0.1) is 0 Å². The zero-order valence-corrected chi connectivity index (χ0v) is 19.4. The van der Waals surface area contributed by atoms with E-state index in [9.17, 15) is 4.79 Å². The second kappa shape index (κ2) is 11.1. The molecule has 0 aliphatic carbocycles. The first-order valence-electron chi connectivity index (χ1n) is 11.4. The van der Waals surface area contributed by atoms with Crippen LogP contribution in [-0.2, 0) is 6.42 Å². The Kier molecular flexibility index (Phi) is 7.55. The van der Waals surface area contributed by atoms with E-state index in [4.69, 9.17) is 9.47 Å². The number of carbonyl (C=O) groups excluding carboxylic acids is 1. The molecule has 7 nitrogen and oxygen atoms in total. The van der Waals surface area contributed by atoms with Gasteiger partial charge >= 0.3 is 0 Å². The van der Waals surface area contributed by atoms with Crippen molar-refractivity contribution >= 4 is 5.91 Å². The van der Waals surface area contributed by atoms with E-state index in [2.05, 4.69) is 15.4 Å². The van der Waals surface area contributed by atoms with E-state index in [0.717, 1.165) is 28.3 Å². The van der Waals surface area contributed by atoms with Crippen molar-refractivity contribution in [1.29, 1.82) is 0 Å². The number of benzene rings is 2. The highest BCUT2D eigenvalue weighted by molar-refractivity contribution is 5.99. The van der Waals surface area contributed by atoms with Crippen LogP contribution in [0.1, 0.15) is 29.8 Å². The van der Waals surface area contributed by atoms with Crippen molar-refractivity contribution in [3.05, 3.63) is 90.4 Å². The number of amides is 1. The van der Waals surface area contributed by atoms with Crippen LogP contribution in [-0.4, -0.2) is 40.4 Å². The van der Waals surface area contributed by atoms with Gasteiger partial charge in [0.15, 0.2) is 11.5 Å². The Morgan fingerprint density at radius 2 is 1.76 bits per heavy atom. The van der Waals surface area contributed by atoms with Gasteiger partial charge in [-0.25, -0.2) is 4.68 Å². The number of pyridine rings is 1. The van der Waals surface area contributed by atoms with E-state index in [1.165, 1.54) is 0 Å². The fourth-order valence-electron chi connectivity index (χ4n) is 3.64. The molecule has 0 saturated heterocycles. The topological polar surface area (TPSA) is 78.3 Å². The van der Waals surface area contributed by atoms with Gasteiger partial charge in [-0.05, 0) is 62.2 Å². The SMILES string of the molecule is CCOc1ccc(CCNC(=O)c2cn(-c3ccccc3)nc2-c2cccnc2)cc1OCC. The van der Waals surface area contributed by atoms with Crippen LogP contribution >= 0.6 is 0 Å². The molecule has 2 aromatic heterocycles. The van der Waals surface area contributed by atoms with E-state index in [-0.39, 0.29) is 5.91 Å². The molecule has 0 aliphatic heterocycles. The Bertz CT molecular complexity index is 1220. The number of carbonyl (C=O) groups is 1. The predicted octanol–water partition coefficient (Wildman–Crippen LogP) is 4.70.